The lowest BCUT2D eigenvalue weighted by Crippen LogP contribution is -2.53. The average Bonchev–Trinajstić information content (AvgIpc) is 2.88. The van der Waals surface area contributed by atoms with Gasteiger partial charge in [0.15, 0.2) is 0 Å². The molecule has 170 valence electrons. The van der Waals surface area contributed by atoms with E-state index in [1.54, 1.807) is 12.1 Å². The summed E-state index contributed by atoms with van der Waals surface area (Å²) in [5, 5.41) is 22.0. The van der Waals surface area contributed by atoms with Crippen molar-refractivity contribution in [1.82, 2.24) is 10.2 Å². The molecule has 3 N–H and O–H groups in total. The summed E-state index contributed by atoms with van der Waals surface area (Å²) in [5.41, 5.74) is 0.553. The summed E-state index contributed by atoms with van der Waals surface area (Å²) in [4.78, 5) is 40.8. The highest BCUT2D eigenvalue weighted by Crippen LogP contribution is 2.34. The van der Waals surface area contributed by atoms with Gasteiger partial charge in [-0.1, -0.05) is 25.0 Å². The predicted octanol–water partition coefficient (Wildman–Crippen LogP) is 2.28. The van der Waals surface area contributed by atoms with Crippen LogP contribution in [0, 0.1) is 0 Å². The van der Waals surface area contributed by atoms with Crippen LogP contribution in [-0.4, -0.2) is 77.0 Å². The summed E-state index contributed by atoms with van der Waals surface area (Å²) < 4.78 is 0. The smallest absolute Gasteiger partial charge is 0.323 e. The van der Waals surface area contributed by atoms with E-state index >= 15 is 0 Å². The van der Waals surface area contributed by atoms with Crippen molar-refractivity contribution in [1.29, 1.82) is 0 Å². The van der Waals surface area contributed by atoms with Crippen molar-refractivity contribution >= 4 is 35.3 Å². The highest BCUT2D eigenvalue weighted by atomic mass is 32.2. The molecule has 2 heterocycles. The first-order valence-electron chi connectivity index (χ1n) is 10.9. The normalized spacial score (nSPS) is 20.7. The Labute approximate surface area is 187 Å². The number of carbonyl (C=O) groups is 3. The lowest BCUT2D eigenvalue weighted by molar-refractivity contribution is -0.140. The monoisotopic (exact) mass is 449 g/mol. The van der Waals surface area contributed by atoms with E-state index in [-0.39, 0.29) is 0 Å². The number of likely N-dealkylation sites (tertiary alicyclic amines) is 1. The SMILES string of the molecule is O=C(O)CN1C(=O)[C@@H](NC(CCCCN2CCCCC2)C(=O)O)CSc2ccccc21. The van der Waals surface area contributed by atoms with Gasteiger partial charge in [-0.3, -0.25) is 24.6 Å². The summed E-state index contributed by atoms with van der Waals surface area (Å²) in [5.74, 6) is -2.15. The third kappa shape index (κ3) is 6.69. The van der Waals surface area contributed by atoms with Gasteiger partial charge in [0.05, 0.1) is 11.7 Å². The second-order valence-electron chi connectivity index (χ2n) is 8.11. The number of carboxylic acids is 2. The van der Waals surface area contributed by atoms with Crippen LogP contribution in [0.4, 0.5) is 5.69 Å². The van der Waals surface area contributed by atoms with Crippen LogP contribution in [0.5, 0.6) is 0 Å². The zero-order valence-corrected chi connectivity index (χ0v) is 18.5. The molecular weight excluding hydrogens is 418 g/mol. The van der Waals surface area contributed by atoms with Gasteiger partial charge >= 0.3 is 11.9 Å². The molecule has 2 atom stereocenters. The topological polar surface area (TPSA) is 110 Å². The Bertz CT molecular complexity index is 784. The van der Waals surface area contributed by atoms with Crippen LogP contribution in [0.3, 0.4) is 0 Å². The third-order valence-electron chi connectivity index (χ3n) is 5.79. The molecule has 31 heavy (non-hydrogen) atoms. The number of piperidine rings is 1. The fraction of sp³-hybridized carbons (Fsp3) is 0.591. The Hall–Kier alpha value is -2.10. The van der Waals surface area contributed by atoms with Crippen molar-refractivity contribution in [3.63, 3.8) is 0 Å². The van der Waals surface area contributed by atoms with Gasteiger partial charge in [0.1, 0.15) is 12.6 Å². The minimum Gasteiger partial charge on any atom is -0.480 e. The van der Waals surface area contributed by atoms with Crippen LogP contribution in [0.2, 0.25) is 0 Å². The number of benzene rings is 1. The Morgan fingerprint density at radius 3 is 2.58 bits per heavy atom. The first-order valence-corrected chi connectivity index (χ1v) is 11.9. The number of hydrogen-bond donors (Lipinski definition) is 3. The van der Waals surface area contributed by atoms with Crippen LogP contribution in [-0.2, 0) is 14.4 Å². The van der Waals surface area contributed by atoms with E-state index in [0.29, 0.717) is 17.9 Å². The number of nitrogens with one attached hydrogen (secondary N) is 1. The van der Waals surface area contributed by atoms with Crippen LogP contribution in [0.15, 0.2) is 29.2 Å². The number of para-hydroxylation sites is 1. The van der Waals surface area contributed by atoms with Crippen molar-refractivity contribution < 1.29 is 24.6 Å². The lowest BCUT2D eigenvalue weighted by Gasteiger charge is -2.27. The molecule has 2 aliphatic heterocycles. The number of anilines is 1. The van der Waals surface area contributed by atoms with Crippen LogP contribution in [0.25, 0.3) is 0 Å². The Kier molecular flexibility index (Phi) is 8.74. The average molecular weight is 450 g/mol. The molecule has 1 fully saturated rings. The number of unbranched alkanes of at least 4 members (excludes halogenated alkanes) is 1. The molecule has 2 aliphatic rings. The standard InChI is InChI=1S/C22H31N3O5S/c26-20(27)14-25-18-9-2-3-10-19(18)31-15-17(21(25)28)23-16(22(29)30)8-4-7-13-24-11-5-1-6-12-24/h2-3,9-10,16-17,23H,1,4-8,11-15H2,(H,26,27)(H,29,30)/t16?,17-/m0/s1. The summed E-state index contributed by atoms with van der Waals surface area (Å²) in [7, 11) is 0. The van der Waals surface area contributed by atoms with Gasteiger partial charge < -0.3 is 15.1 Å². The predicted molar refractivity (Wildman–Crippen MR) is 120 cm³/mol. The number of hydrogen-bond acceptors (Lipinski definition) is 6. The molecule has 8 nitrogen and oxygen atoms in total. The second kappa shape index (κ2) is 11.5. The van der Waals surface area contributed by atoms with Gasteiger partial charge in [-0.25, -0.2) is 0 Å². The molecule has 0 radical (unpaired) electrons. The molecule has 9 heteroatoms. The van der Waals surface area contributed by atoms with E-state index in [9.17, 15) is 24.6 Å². The number of aliphatic carboxylic acids is 2. The summed E-state index contributed by atoms with van der Waals surface area (Å²) in [6, 6.07) is 5.56. The molecule has 1 aromatic rings. The molecule has 3 rings (SSSR count). The van der Waals surface area contributed by atoms with Crippen molar-refractivity contribution in [3.05, 3.63) is 24.3 Å². The van der Waals surface area contributed by atoms with Gasteiger partial charge in [0.2, 0.25) is 5.91 Å². The first kappa shape index (κ1) is 23.6. The van der Waals surface area contributed by atoms with Crippen LogP contribution >= 0.6 is 11.8 Å². The highest BCUT2D eigenvalue weighted by molar-refractivity contribution is 7.99. The zero-order valence-electron chi connectivity index (χ0n) is 17.7. The number of fused-ring (bicyclic) bond motifs is 1. The van der Waals surface area contributed by atoms with E-state index < -0.39 is 36.5 Å². The van der Waals surface area contributed by atoms with E-state index in [4.69, 9.17) is 0 Å². The number of thioether (sulfide) groups is 1. The fourth-order valence-electron chi connectivity index (χ4n) is 4.16. The quantitative estimate of drug-likeness (QED) is 0.467. The number of amides is 1. The van der Waals surface area contributed by atoms with Gasteiger partial charge in [-0.15, -0.1) is 11.8 Å². The maximum Gasteiger partial charge on any atom is 0.323 e. The first-order chi connectivity index (χ1) is 15.0. The maximum absolute atomic E-state index is 13.1. The van der Waals surface area contributed by atoms with Gasteiger partial charge in [-0.05, 0) is 57.5 Å². The molecule has 0 aliphatic carbocycles. The third-order valence-corrected chi connectivity index (χ3v) is 6.94. The van der Waals surface area contributed by atoms with E-state index in [2.05, 4.69) is 10.2 Å². The molecule has 1 unspecified atom stereocenters. The minimum absolute atomic E-state index is 0.351. The Balaban J connectivity index is 1.60. The molecule has 0 bridgehead atoms. The summed E-state index contributed by atoms with van der Waals surface area (Å²) >= 11 is 1.44. The molecule has 1 aromatic carbocycles. The molecule has 0 saturated carbocycles. The lowest BCUT2D eigenvalue weighted by atomic mass is 10.1. The van der Waals surface area contributed by atoms with Gasteiger partial charge in [-0.2, -0.15) is 0 Å². The number of carbonyl (C=O) groups excluding carboxylic acids is 1. The van der Waals surface area contributed by atoms with Crippen LogP contribution in [0.1, 0.15) is 38.5 Å². The van der Waals surface area contributed by atoms with E-state index in [0.717, 1.165) is 37.4 Å². The van der Waals surface area contributed by atoms with Crippen molar-refractivity contribution in [2.75, 3.05) is 36.8 Å². The summed E-state index contributed by atoms with van der Waals surface area (Å²) in [6.07, 6.45) is 5.87. The van der Waals surface area contributed by atoms with Gasteiger partial charge in [0, 0.05) is 10.6 Å². The molecule has 0 spiro atoms. The molecule has 1 saturated heterocycles. The molecule has 1 amide bonds. The largest absolute Gasteiger partial charge is 0.480 e. The van der Waals surface area contributed by atoms with Crippen molar-refractivity contribution in [2.24, 2.45) is 0 Å². The van der Waals surface area contributed by atoms with Crippen LogP contribution < -0.4 is 10.2 Å². The second-order valence-corrected chi connectivity index (χ2v) is 9.17. The van der Waals surface area contributed by atoms with E-state index in [1.807, 2.05) is 12.1 Å². The number of nitrogens with zero attached hydrogens (tertiary/aromatic N) is 2. The maximum atomic E-state index is 13.1. The number of rotatable bonds is 10. The summed E-state index contributed by atoms with van der Waals surface area (Å²) in [6.45, 7) is 2.76. The van der Waals surface area contributed by atoms with Gasteiger partial charge in [0.25, 0.3) is 0 Å². The Morgan fingerprint density at radius 1 is 1.13 bits per heavy atom. The fourth-order valence-corrected chi connectivity index (χ4v) is 5.24. The zero-order chi connectivity index (χ0) is 22.2. The van der Waals surface area contributed by atoms with Crippen molar-refractivity contribution in [3.8, 4) is 0 Å². The molecular formula is C22H31N3O5S. The number of carboxylic acid groups (broad SMARTS) is 2. The highest BCUT2D eigenvalue weighted by Gasteiger charge is 2.34. The van der Waals surface area contributed by atoms with E-state index in [1.165, 1.54) is 35.9 Å². The van der Waals surface area contributed by atoms with Crippen molar-refractivity contribution in [2.45, 2.75) is 55.5 Å². The minimum atomic E-state index is -1.11. The molecule has 0 aromatic heterocycles. The Morgan fingerprint density at radius 2 is 1.87 bits per heavy atom.